The van der Waals surface area contributed by atoms with Crippen molar-refractivity contribution in [3.05, 3.63) is 27.2 Å². The van der Waals surface area contributed by atoms with E-state index in [2.05, 4.69) is 11.9 Å². The van der Waals surface area contributed by atoms with Gasteiger partial charge in [-0.25, -0.2) is 8.42 Å². The van der Waals surface area contributed by atoms with E-state index in [1.807, 2.05) is 6.92 Å². The molecule has 18 heavy (non-hydrogen) atoms. The molecule has 102 valence electrons. The van der Waals surface area contributed by atoms with E-state index in [9.17, 15) is 13.2 Å². The van der Waals surface area contributed by atoms with Gasteiger partial charge in [0.25, 0.3) is 5.56 Å². The normalized spacial score (nSPS) is 11.8. The molecule has 0 unspecified atom stereocenters. The number of aromatic amines is 1. The summed E-state index contributed by atoms with van der Waals surface area (Å²) in [5.41, 5.74) is 1.84. The summed E-state index contributed by atoms with van der Waals surface area (Å²) in [6.45, 7) is 5.66. The van der Waals surface area contributed by atoms with Crippen molar-refractivity contribution in [1.82, 2.24) is 4.98 Å². The molecule has 5 heteroatoms. The number of aryl methyl sites for hydroxylation is 1. The van der Waals surface area contributed by atoms with Crippen molar-refractivity contribution in [2.75, 3.05) is 6.26 Å². The van der Waals surface area contributed by atoms with Gasteiger partial charge in [0, 0.05) is 11.9 Å². The second-order valence-corrected chi connectivity index (χ2v) is 6.69. The van der Waals surface area contributed by atoms with Crippen LogP contribution in [0.15, 0.2) is 9.69 Å². The molecule has 1 aromatic heterocycles. The minimum absolute atomic E-state index is 0.0837. The van der Waals surface area contributed by atoms with Gasteiger partial charge in [-0.15, -0.1) is 0 Å². The lowest BCUT2D eigenvalue weighted by atomic mass is 10.0. The van der Waals surface area contributed by atoms with Crippen LogP contribution in [0.3, 0.4) is 0 Å². The second-order valence-electron chi connectivity index (χ2n) is 4.74. The maximum absolute atomic E-state index is 11.8. The maximum Gasteiger partial charge on any atom is 0.267 e. The third kappa shape index (κ3) is 3.22. The van der Waals surface area contributed by atoms with Crippen molar-refractivity contribution < 1.29 is 8.42 Å². The summed E-state index contributed by atoms with van der Waals surface area (Å²) in [7, 11) is -3.48. The average molecular weight is 271 g/mol. The van der Waals surface area contributed by atoms with E-state index >= 15 is 0 Å². The predicted molar refractivity (Wildman–Crippen MR) is 72.9 cm³/mol. The molecule has 0 radical (unpaired) electrons. The average Bonchev–Trinajstić information content (AvgIpc) is 2.20. The van der Waals surface area contributed by atoms with E-state index in [1.54, 1.807) is 6.92 Å². The smallest absolute Gasteiger partial charge is 0.267 e. The summed E-state index contributed by atoms with van der Waals surface area (Å²) in [6.07, 6.45) is 5.11. The van der Waals surface area contributed by atoms with Gasteiger partial charge < -0.3 is 4.98 Å². The molecule has 0 fully saturated rings. The highest BCUT2D eigenvalue weighted by molar-refractivity contribution is 7.90. The van der Waals surface area contributed by atoms with Crippen LogP contribution in [0.5, 0.6) is 0 Å². The van der Waals surface area contributed by atoms with Crippen LogP contribution in [-0.2, 0) is 16.3 Å². The monoisotopic (exact) mass is 271 g/mol. The Kier molecular flexibility index (Phi) is 4.73. The molecule has 0 saturated carbocycles. The first kappa shape index (κ1) is 15.0. The highest BCUT2D eigenvalue weighted by Crippen LogP contribution is 2.19. The van der Waals surface area contributed by atoms with Crippen molar-refractivity contribution in [2.45, 2.75) is 51.3 Å². The fourth-order valence-electron chi connectivity index (χ4n) is 2.26. The summed E-state index contributed by atoms with van der Waals surface area (Å²) in [5, 5.41) is 0. The molecule has 1 N–H and O–H groups in total. The Morgan fingerprint density at radius 2 is 1.78 bits per heavy atom. The number of H-pyrrole nitrogens is 1. The van der Waals surface area contributed by atoms with Gasteiger partial charge in [-0.05, 0) is 37.8 Å². The Bertz CT molecular complexity index is 585. The molecule has 0 saturated heterocycles. The molecular weight excluding hydrogens is 250 g/mol. The van der Waals surface area contributed by atoms with Crippen LogP contribution in [0.2, 0.25) is 0 Å². The molecule has 0 bridgehead atoms. The third-order valence-corrected chi connectivity index (χ3v) is 4.39. The largest absolute Gasteiger partial charge is 0.325 e. The molecule has 0 spiro atoms. The second kappa shape index (κ2) is 5.69. The quantitative estimate of drug-likeness (QED) is 0.834. The summed E-state index contributed by atoms with van der Waals surface area (Å²) in [4.78, 5) is 14.3. The molecule has 4 nitrogen and oxygen atoms in total. The SMILES string of the molecule is CCCCCc1c(C)[nH]c(=O)c(S(C)(=O)=O)c1C. The fraction of sp³-hybridized carbons (Fsp3) is 0.615. The zero-order valence-corrected chi connectivity index (χ0v) is 12.3. The number of pyridine rings is 1. The lowest BCUT2D eigenvalue weighted by molar-refractivity contribution is 0.599. The Morgan fingerprint density at radius 1 is 1.17 bits per heavy atom. The zero-order chi connectivity index (χ0) is 13.9. The first-order chi connectivity index (χ1) is 8.29. The Morgan fingerprint density at radius 3 is 2.28 bits per heavy atom. The van der Waals surface area contributed by atoms with Gasteiger partial charge >= 0.3 is 0 Å². The van der Waals surface area contributed by atoms with Crippen molar-refractivity contribution >= 4 is 9.84 Å². The van der Waals surface area contributed by atoms with E-state index in [-0.39, 0.29) is 4.90 Å². The lowest BCUT2D eigenvalue weighted by Crippen LogP contribution is -2.21. The zero-order valence-electron chi connectivity index (χ0n) is 11.5. The number of nitrogens with one attached hydrogen (secondary N) is 1. The van der Waals surface area contributed by atoms with E-state index in [0.717, 1.165) is 43.2 Å². The van der Waals surface area contributed by atoms with E-state index in [1.165, 1.54) is 0 Å². The van der Waals surface area contributed by atoms with Crippen LogP contribution >= 0.6 is 0 Å². The maximum atomic E-state index is 11.8. The Labute approximate surface area is 108 Å². The van der Waals surface area contributed by atoms with Crippen LogP contribution < -0.4 is 5.56 Å². The van der Waals surface area contributed by atoms with Crippen molar-refractivity contribution in [2.24, 2.45) is 0 Å². The number of sulfone groups is 1. The standard InChI is InChI=1S/C13H21NO3S/c1-5-6-7-8-11-9(2)12(18(4,16)17)13(15)14-10(11)3/h5-8H2,1-4H3,(H,14,15). The Hall–Kier alpha value is -1.10. The first-order valence-corrected chi connectivity index (χ1v) is 8.10. The van der Waals surface area contributed by atoms with Gasteiger partial charge in [0.05, 0.1) is 0 Å². The summed E-state index contributed by atoms with van der Waals surface area (Å²) in [6, 6.07) is 0. The van der Waals surface area contributed by atoms with Crippen molar-refractivity contribution in [3.8, 4) is 0 Å². The van der Waals surface area contributed by atoms with E-state index in [0.29, 0.717) is 5.56 Å². The van der Waals surface area contributed by atoms with Crippen molar-refractivity contribution in [3.63, 3.8) is 0 Å². The third-order valence-electron chi connectivity index (χ3n) is 3.15. The lowest BCUT2D eigenvalue weighted by Gasteiger charge is -2.12. The van der Waals surface area contributed by atoms with Gasteiger partial charge in [-0.2, -0.15) is 0 Å². The highest BCUT2D eigenvalue weighted by Gasteiger charge is 2.19. The number of aromatic nitrogens is 1. The molecule has 0 atom stereocenters. The van der Waals surface area contributed by atoms with Gasteiger partial charge in [0.2, 0.25) is 0 Å². The predicted octanol–water partition coefficient (Wildman–Crippen LogP) is 2.13. The van der Waals surface area contributed by atoms with Crippen LogP contribution in [0.1, 0.15) is 43.0 Å². The van der Waals surface area contributed by atoms with Gasteiger partial charge in [0.15, 0.2) is 9.84 Å². The Balaban J connectivity index is 3.32. The van der Waals surface area contributed by atoms with E-state index < -0.39 is 15.4 Å². The van der Waals surface area contributed by atoms with Crippen LogP contribution in [0.25, 0.3) is 0 Å². The number of rotatable bonds is 5. The van der Waals surface area contributed by atoms with Crippen LogP contribution in [0, 0.1) is 13.8 Å². The summed E-state index contributed by atoms with van der Waals surface area (Å²) in [5.74, 6) is 0. The number of unbranched alkanes of at least 4 members (excludes halogenated alkanes) is 2. The summed E-state index contributed by atoms with van der Waals surface area (Å²) >= 11 is 0. The van der Waals surface area contributed by atoms with Gasteiger partial charge in [0.1, 0.15) is 4.90 Å². The number of hydrogen-bond acceptors (Lipinski definition) is 3. The molecule has 0 amide bonds. The summed E-state index contributed by atoms with van der Waals surface area (Å²) < 4.78 is 23.3. The molecule has 1 heterocycles. The van der Waals surface area contributed by atoms with Gasteiger partial charge in [-0.1, -0.05) is 19.8 Å². The molecule has 0 aliphatic rings. The highest BCUT2D eigenvalue weighted by atomic mass is 32.2. The molecule has 1 rings (SSSR count). The van der Waals surface area contributed by atoms with Gasteiger partial charge in [-0.3, -0.25) is 4.79 Å². The van der Waals surface area contributed by atoms with E-state index in [4.69, 9.17) is 0 Å². The number of hydrogen-bond donors (Lipinski definition) is 1. The molecule has 0 aromatic carbocycles. The topological polar surface area (TPSA) is 67.0 Å². The minimum Gasteiger partial charge on any atom is -0.325 e. The fourth-order valence-corrected chi connectivity index (χ4v) is 3.33. The molecule has 0 aliphatic heterocycles. The minimum atomic E-state index is -3.48. The molecular formula is C13H21NO3S. The van der Waals surface area contributed by atoms with Crippen LogP contribution in [0.4, 0.5) is 0 Å². The van der Waals surface area contributed by atoms with Crippen LogP contribution in [-0.4, -0.2) is 19.7 Å². The molecule has 1 aromatic rings. The molecule has 0 aliphatic carbocycles. The van der Waals surface area contributed by atoms with Crippen molar-refractivity contribution in [1.29, 1.82) is 0 Å². The first-order valence-electron chi connectivity index (χ1n) is 6.21.